The molecule has 0 radical (unpaired) electrons. The molecule has 28 rings (SSSR count). The number of hydrogen-bond donors (Lipinski definition) is 0. The van der Waals surface area contributed by atoms with Gasteiger partial charge in [-0.3, -0.25) is 0 Å². The van der Waals surface area contributed by atoms with E-state index >= 15 is 0 Å². The van der Waals surface area contributed by atoms with E-state index in [1.807, 2.05) is 0 Å². The van der Waals surface area contributed by atoms with E-state index in [2.05, 4.69) is 437 Å². The predicted molar refractivity (Wildman–Crippen MR) is 547 cm³/mol. The molecule has 0 saturated carbocycles. The largest absolute Gasteiger partial charge is 0.456 e. The third-order valence-corrected chi connectivity index (χ3v) is 28.2. The molecule has 0 unspecified atom stereocenters. The van der Waals surface area contributed by atoms with Gasteiger partial charge in [0.05, 0.1) is 0 Å². The molecule has 0 fully saturated rings. The third kappa shape index (κ3) is 10.8. The van der Waals surface area contributed by atoms with Crippen LogP contribution >= 0.6 is 0 Å². The van der Waals surface area contributed by atoms with Crippen molar-refractivity contribution in [3.05, 3.63) is 437 Å². The van der Waals surface area contributed by atoms with E-state index in [0.29, 0.717) is 0 Å². The summed E-state index contributed by atoms with van der Waals surface area (Å²) in [5.41, 5.74) is 26.5. The van der Waals surface area contributed by atoms with E-state index in [0.717, 1.165) is 126 Å². The normalized spacial score (nSPS) is 12.2. The maximum atomic E-state index is 7.10. The second-order valence-electron chi connectivity index (χ2n) is 34.9. The summed E-state index contributed by atoms with van der Waals surface area (Å²) in [6.07, 6.45) is 0. The van der Waals surface area contributed by atoms with Crippen LogP contribution in [0.15, 0.2) is 450 Å². The van der Waals surface area contributed by atoms with Gasteiger partial charge >= 0.3 is 0 Å². The van der Waals surface area contributed by atoms with Crippen LogP contribution in [0.3, 0.4) is 0 Å². The molecule has 3 aromatic heterocycles. The van der Waals surface area contributed by atoms with Crippen molar-refractivity contribution in [1.29, 1.82) is 0 Å². The van der Waals surface area contributed by atoms with Crippen molar-refractivity contribution in [3.8, 4) is 100 Å². The van der Waals surface area contributed by atoms with Crippen LogP contribution in [0.5, 0.6) is 0 Å². The van der Waals surface area contributed by atoms with E-state index in [1.54, 1.807) is 0 Å². The molecule has 25 aromatic carbocycles. The summed E-state index contributed by atoms with van der Waals surface area (Å²) in [5, 5.41) is 35.3. The Morgan fingerprint density at radius 3 is 0.930 bits per heavy atom. The second kappa shape index (κ2) is 27.8. The molecule has 0 N–H and O–H groups in total. The lowest BCUT2D eigenvalue weighted by Gasteiger charge is -2.19. The molecule has 3 heterocycles. The van der Waals surface area contributed by atoms with Gasteiger partial charge in [0.2, 0.25) is 0 Å². The van der Waals surface area contributed by atoms with Crippen molar-refractivity contribution >= 4 is 195 Å². The van der Waals surface area contributed by atoms with E-state index in [1.165, 1.54) is 169 Å². The smallest absolute Gasteiger partial charge is 0.143 e. The van der Waals surface area contributed by atoms with Gasteiger partial charge in [-0.2, -0.15) is 0 Å². The quantitative estimate of drug-likeness (QED) is 0.135. The first-order chi connectivity index (χ1) is 64.0. The van der Waals surface area contributed by atoms with Crippen LogP contribution in [-0.4, -0.2) is 0 Å². The van der Waals surface area contributed by atoms with Crippen LogP contribution in [0.4, 0.5) is 0 Å². The summed E-state index contributed by atoms with van der Waals surface area (Å²) in [4.78, 5) is 0. The molecular formula is C126H72O3. The van der Waals surface area contributed by atoms with E-state index in [4.69, 9.17) is 13.3 Å². The van der Waals surface area contributed by atoms with Gasteiger partial charge in [0.15, 0.2) is 0 Å². The monoisotopic (exact) mass is 1630 g/mol. The zero-order valence-corrected chi connectivity index (χ0v) is 69.8. The molecule has 0 aliphatic heterocycles. The molecule has 0 bridgehead atoms. The minimum Gasteiger partial charge on any atom is -0.456 e. The first-order valence-electron chi connectivity index (χ1n) is 44.6. The number of furan rings is 3. The van der Waals surface area contributed by atoms with Crippen LogP contribution in [0, 0.1) is 0 Å². The molecule has 0 saturated heterocycles. The lowest BCUT2D eigenvalue weighted by Crippen LogP contribution is -1.92. The molecular weight excluding hydrogens is 1560 g/mol. The van der Waals surface area contributed by atoms with Crippen molar-refractivity contribution in [2.45, 2.75) is 0 Å². The van der Waals surface area contributed by atoms with Crippen molar-refractivity contribution in [1.82, 2.24) is 0 Å². The summed E-state index contributed by atoms with van der Waals surface area (Å²) in [7, 11) is 0. The highest BCUT2D eigenvalue weighted by Crippen LogP contribution is 2.53. The van der Waals surface area contributed by atoms with Crippen molar-refractivity contribution in [3.63, 3.8) is 0 Å². The Hall–Kier alpha value is -17.0. The fourth-order valence-corrected chi connectivity index (χ4v) is 22.5. The summed E-state index contributed by atoms with van der Waals surface area (Å²) < 4.78 is 20.9. The van der Waals surface area contributed by atoms with Gasteiger partial charge in [0, 0.05) is 37.7 Å². The Morgan fingerprint density at radius 2 is 0.403 bits per heavy atom. The van der Waals surface area contributed by atoms with E-state index in [9.17, 15) is 0 Å². The number of rotatable bonds is 9. The number of benzene rings is 25. The number of fused-ring (bicyclic) bond motifs is 22. The molecule has 594 valence electrons. The minimum absolute atomic E-state index is 0.853. The average Bonchev–Trinajstić information content (AvgIpc) is 1.71. The van der Waals surface area contributed by atoms with Gasteiger partial charge in [0.1, 0.15) is 33.5 Å². The van der Waals surface area contributed by atoms with Crippen LogP contribution < -0.4 is 0 Å². The Kier molecular flexibility index (Phi) is 15.4. The predicted octanol–water partition coefficient (Wildman–Crippen LogP) is 36.2. The minimum atomic E-state index is 0.853. The van der Waals surface area contributed by atoms with Gasteiger partial charge in [-0.15, -0.1) is 0 Å². The average molecular weight is 1630 g/mol. The van der Waals surface area contributed by atoms with Crippen molar-refractivity contribution < 1.29 is 13.3 Å². The summed E-state index contributed by atoms with van der Waals surface area (Å²) in [5.74, 6) is 0. The maximum absolute atomic E-state index is 7.10. The number of hydrogen-bond acceptors (Lipinski definition) is 3. The van der Waals surface area contributed by atoms with E-state index < -0.39 is 0 Å². The zero-order valence-electron chi connectivity index (χ0n) is 69.8. The third-order valence-electron chi connectivity index (χ3n) is 28.2. The maximum Gasteiger partial charge on any atom is 0.143 e. The van der Waals surface area contributed by atoms with Crippen LogP contribution in [-0.2, 0) is 0 Å². The molecule has 0 amide bonds. The van der Waals surface area contributed by atoms with Crippen molar-refractivity contribution in [2.24, 2.45) is 0 Å². The van der Waals surface area contributed by atoms with Gasteiger partial charge < -0.3 is 13.3 Å². The van der Waals surface area contributed by atoms with Gasteiger partial charge in [-0.1, -0.05) is 352 Å². The Morgan fingerprint density at radius 1 is 0.109 bits per heavy atom. The Labute approximate surface area is 740 Å². The molecule has 0 atom stereocenters. The highest BCUT2D eigenvalue weighted by atomic mass is 16.3. The molecule has 28 aromatic rings. The first-order valence-corrected chi connectivity index (χ1v) is 44.6. The summed E-state index contributed by atoms with van der Waals surface area (Å²) in [6, 6.07) is 162. The first kappa shape index (κ1) is 71.4. The molecule has 129 heavy (non-hydrogen) atoms. The topological polar surface area (TPSA) is 39.4 Å². The van der Waals surface area contributed by atoms with Crippen LogP contribution in [0.1, 0.15) is 0 Å². The Bertz CT molecular complexity index is 9620. The van der Waals surface area contributed by atoms with E-state index in [-0.39, 0.29) is 0 Å². The molecule has 0 spiro atoms. The summed E-state index contributed by atoms with van der Waals surface area (Å²) >= 11 is 0. The fraction of sp³-hybridized carbons (Fsp3) is 0. The fourth-order valence-electron chi connectivity index (χ4n) is 22.5. The van der Waals surface area contributed by atoms with Crippen LogP contribution in [0.2, 0.25) is 0 Å². The van der Waals surface area contributed by atoms with Gasteiger partial charge in [-0.25, -0.2) is 0 Å². The lowest BCUT2D eigenvalue weighted by molar-refractivity contribution is 0.669. The SMILES string of the molecule is c1cc(-c2ccc3c(c2)oc2cc4c(-c5cccc6c(-c7c8ccccc8c(-c8ccc9c(c8)oc8cc%10ccccc%10cc89)c8ccccc78)cccc56)cccc4cc23)cc(-c2c3ccccc3c(-c3cccc4c(-c5ccc6c(ccc7c8ccc(-c9c%10ccccc%10c(-c%10cccc%11ccccc%10%11)c%10ccccc9%10)cc8oc67)c5)cccc34)c3ccccc23)c1. The van der Waals surface area contributed by atoms with Gasteiger partial charge in [0.25, 0.3) is 0 Å². The van der Waals surface area contributed by atoms with Crippen LogP contribution in [0.25, 0.3) is 295 Å². The molecule has 0 aliphatic carbocycles. The molecule has 0 aliphatic rings. The van der Waals surface area contributed by atoms with Crippen molar-refractivity contribution in [2.75, 3.05) is 0 Å². The second-order valence-corrected chi connectivity index (χ2v) is 34.9. The van der Waals surface area contributed by atoms with Gasteiger partial charge in [-0.05, 0) is 309 Å². The molecule has 3 heteroatoms. The Balaban J connectivity index is 0.503. The summed E-state index contributed by atoms with van der Waals surface area (Å²) in [6.45, 7) is 0. The highest BCUT2D eigenvalue weighted by Gasteiger charge is 2.27. The zero-order chi connectivity index (χ0) is 84.2. The highest BCUT2D eigenvalue weighted by molar-refractivity contribution is 6.30. The molecule has 3 nitrogen and oxygen atoms in total. The lowest BCUT2D eigenvalue weighted by atomic mass is 9.83. The standard InChI is InChI=1S/C126H72O3/c1-2-26-76-68-118-113(66-75(76)25-1)95-62-58-82(70-116(95)127-118)121-103-36-9-15-42-109(103)125(110-43-16-10-37-104(110)121)98-53-23-48-88-89(47-21-50-91(88)98)92-45-19-29-78-67-114-94-60-54-77(69-115(94)128-119(114)72-112(78)92)74-28-17-30-81(64-74)120-99-32-5-13-40-107(99)124(108-41-14-6-33-100(108)120)97-52-22-46-87-85(44-20-49-90(87)97)79-55-59-86-80(65-79)56-63-111-93-61-57-83(71-117(93)129-126(86)111)122-101-34-7-11-38-105(101)123(106-39-12-8-35-102(106)122)96-51-18-27-73-24-3-4-31-84(73)96/h1-72H.